The van der Waals surface area contributed by atoms with Gasteiger partial charge in [-0.25, -0.2) is 0 Å². The van der Waals surface area contributed by atoms with Gasteiger partial charge in [-0.15, -0.1) is 0 Å². The van der Waals surface area contributed by atoms with E-state index in [1.807, 2.05) is 24.3 Å². The minimum Gasteiger partial charge on any atom is -0.489 e. The van der Waals surface area contributed by atoms with Gasteiger partial charge < -0.3 is 19.3 Å². The molecule has 0 aromatic heterocycles. The van der Waals surface area contributed by atoms with E-state index in [1.165, 1.54) is 4.90 Å². The Bertz CT molecular complexity index is 1270. The Labute approximate surface area is 228 Å². The van der Waals surface area contributed by atoms with Gasteiger partial charge in [0.2, 0.25) is 11.8 Å². The van der Waals surface area contributed by atoms with Gasteiger partial charge in [0.1, 0.15) is 41.9 Å². The number of carbonyl (C=O) groups is 3. The van der Waals surface area contributed by atoms with Crippen LogP contribution in [0.4, 0.5) is 0 Å². The van der Waals surface area contributed by atoms with Crippen LogP contribution in [0, 0.1) is 0 Å². The van der Waals surface area contributed by atoms with Gasteiger partial charge in [-0.1, -0.05) is 30.3 Å². The molecule has 0 spiro atoms. The zero-order chi connectivity index (χ0) is 27.2. The lowest BCUT2D eigenvalue weighted by Gasteiger charge is -2.55. The highest BCUT2D eigenvalue weighted by atomic mass is 16.5. The second-order valence-electron chi connectivity index (χ2n) is 10.0. The van der Waals surface area contributed by atoms with Crippen LogP contribution in [0.1, 0.15) is 39.9 Å². The molecule has 3 aliphatic heterocycles. The first-order valence-electron chi connectivity index (χ1n) is 12.3. The van der Waals surface area contributed by atoms with Gasteiger partial charge in [-0.2, -0.15) is 0 Å². The second kappa shape index (κ2) is 10.0. The third kappa shape index (κ3) is 5.18. The number of amides is 3. The van der Waals surface area contributed by atoms with Crippen LogP contribution < -0.4 is 10.1 Å². The normalized spacial score (nSPS) is 24.6. The van der Waals surface area contributed by atoms with Crippen molar-refractivity contribution >= 4 is 57.0 Å². The molecule has 8 nitrogen and oxygen atoms in total. The predicted molar refractivity (Wildman–Crippen MR) is 143 cm³/mol. The van der Waals surface area contributed by atoms with Crippen LogP contribution in [0.25, 0.3) is 0 Å². The number of hydrogen-bond donors (Lipinski definition) is 1. The number of benzene rings is 2. The van der Waals surface area contributed by atoms with Crippen molar-refractivity contribution in [3.05, 3.63) is 64.7 Å². The van der Waals surface area contributed by atoms with Gasteiger partial charge in [0.05, 0.1) is 22.2 Å². The van der Waals surface area contributed by atoms with E-state index in [0.717, 1.165) is 16.7 Å². The molecule has 2 aromatic rings. The zero-order valence-electron chi connectivity index (χ0n) is 20.8. The molecule has 3 heterocycles. The smallest absolute Gasteiger partial charge is 0.255 e. The molecule has 0 bridgehead atoms. The molecule has 0 saturated carbocycles. The molecule has 0 aliphatic carbocycles. The molecule has 182 valence electrons. The molecule has 2 unspecified atom stereocenters. The van der Waals surface area contributed by atoms with Crippen molar-refractivity contribution in [3.8, 4) is 5.75 Å². The summed E-state index contributed by atoms with van der Waals surface area (Å²) in [4.78, 5) is 40.0. The number of rotatable bonds is 6. The van der Waals surface area contributed by atoms with E-state index < -0.39 is 28.7 Å². The number of morpholine rings is 1. The number of hydrogen-bond acceptors (Lipinski definition) is 6. The quantitative estimate of drug-likeness (QED) is 0.420. The van der Waals surface area contributed by atoms with E-state index in [4.69, 9.17) is 48.7 Å². The van der Waals surface area contributed by atoms with Gasteiger partial charge in [0.25, 0.3) is 5.91 Å². The zero-order valence-corrected chi connectivity index (χ0v) is 20.8. The molecule has 2 atom stereocenters. The summed E-state index contributed by atoms with van der Waals surface area (Å²) in [7, 11) is 30.1. The first kappa shape index (κ1) is 26.7. The van der Waals surface area contributed by atoms with Crippen LogP contribution in [0.3, 0.4) is 0 Å². The number of piperidine rings is 1. The molecule has 13 heteroatoms. The third-order valence-corrected chi connectivity index (χ3v) is 7.12. The van der Waals surface area contributed by atoms with Crippen LogP contribution in [0.15, 0.2) is 42.5 Å². The summed E-state index contributed by atoms with van der Waals surface area (Å²) in [6, 6.07) is 11.2. The minimum absolute atomic E-state index is 0.0895. The molecule has 3 amide bonds. The number of carbonyl (C=O) groups excluding carboxylic acids is 3. The molecule has 3 aliphatic rings. The summed E-state index contributed by atoms with van der Waals surface area (Å²) in [5, 5.41) is -0.608. The first-order chi connectivity index (χ1) is 17.9. The first-order valence-corrected chi connectivity index (χ1v) is 12.3. The number of imide groups is 1. The summed E-state index contributed by atoms with van der Waals surface area (Å²) in [5.41, 5.74) is 3.02. The van der Waals surface area contributed by atoms with Crippen LogP contribution in [0.2, 0.25) is 0 Å². The summed E-state index contributed by atoms with van der Waals surface area (Å²) >= 11 is 0. The van der Waals surface area contributed by atoms with Crippen LogP contribution in [-0.4, -0.2) is 96.1 Å². The van der Waals surface area contributed by atoms with E-state index in [2.05, 4.69) is 5.32 Å². The summed E-state index contributed by atoms with van der Waals surface area (Å²) in [6.45, 7) is 0.942. The van der Waals surface area contributed by atoms with E-state index >= 15 is 0 Å². The second-order valence-corrected chi connectivity index (χ2v) is 10.0. The molecule has 2 saturated heterocycles. The van der Waals surface area contributed by atoms with Crippen molar-refractivity contribution in [2.24, 2.45) is 0 Å². The van der Waals surface area contributed by atoms with Crippen molar-refractivity contribution in [1.29, 1.82) is 0 Å². The Balaban J connectivity index is 1.24. The van der Waals surface area contributed by atoms with Crippen molar-refractivity contribution < 1.29 is 23.9 Å². The Kier molecular flexibility index (Phi) is 7.03. The third-order valence-electron chi connectivity index (χ3n) is 7.12. The predicted octanol–water partition coefficient (Wildman–Crippen LogP) is -0.665. The van der Waals surface area contributed by atoms with Gasteiger partial charge in [0.15, 0.2) is 0 Å². The van der Waals surface area contributed by atoms with Crippen LogP contribution >= 0.6 is 0 Å². The maximum absolute atomic E-state index is 13.0. The fourth-order valence-electron chi connectivity index (χ4n) is 4.99. The number of nitrogens with zero attached hydrogens (tertiary/aromatic N) is 2. The lowest BCUT2D eigenvalue weighted by molar-refractivity contribution is -0.136. The highest BCUT2D eigenvalue weighted by Gasteiger charge is 2.42. The van der Waals surface area contributed by atoms with Crippen LogP contribution in [0.5, 0.6) is 5.75 Å². The maximum atomic E-state index is 13.0. The molecule has 2 aromatic carbocycles. The van der Waals surface area contributed by atoms with Gasteiger partial charge in [-0.3, -0.25) is 19.7 Å². The molecule has 38 heavy (non-hydrogen) atoms. The Morgan fingerprint density at radius 1 is 1.03 bits per heavy atom. The fraction of sp³-hybridized carbons (Fsp3) is 0.400. The van der Waals surface area contributed by atoms with Crippen LogP contribution in [-0.2, 0) is 34.0 Å². The molecule has 1 N–H and O–H groups in total. The lowest BCUT2D eigenvalue weighted by Crippen LogP contribution is -2.69. The molecular formula is C25H22B5N3O5. The Hall–Kier alpha value is -2.91. The number of nitrogens with one attached hydrogen (secondary N) is 1. The highest BCUT2D eigenvalue weighted by molar-refractivity contribution is 6.45. The van der Waals surface area contributed by atoms with Gasteiger partial charge in [-0.05, 0) is 35.0 Å². The molecule has 5 rings (SSSR count). The molecule has 2 fully saturated rings. The maximum Gasteiger partial charge on any atom is 0.255 e. The summed E-state index contributed by atoms with van der Waals surface area (Å²) in [6.07, 6.45) is 0.501. The number of fused-ring (bicyclic) bond motifs is 1. The minimum atomic E-state index is -1.47. The monoisotopic (exact) mass is 499 g/mol. The topological polar surface area (TPSA) is 88.2 Å². The van der Waals surface area contributed by atoms with Crippen molar-refractivity contribution in [1.82, 2.24) is 15.1 Å². The van der Waals surface area contributed by atoms with E-state index in [9.17, 15) is 14.4 Å². The van der Waals surface area contributed by atoms with Crippen molar-refractivity contribution in [3.63, 3.8) is 0 Å². The molecule has 10 radical (unpaired) electrons. The number of ether oxygens (including phenoxy) is 2. The highest BCUT2D eigenvalue weighted by Crippen LogP contribution is 2.34. The van der Waals surface area contributed by atoms with Crippen molar-refractivity contribution in [2.45, 2.75) is 55.3 Å². The van der Waals surface area contributed by atoms with E-state index in [1.54, 1.807) is 23.1 Å². The Morgan fingerprint density at radius 2 is 1.74 bits per heavy atom. The summed E-state index contributed by atoms with van der Waals surface area (Å²) < 4.78 is 11.4. The van der Waals surface area contributed by atoms with Gasteiger partial charge >= 0.3 is 0 Å². The average Bonchev–Trinajstić information content (AvgIpc) is 3.18. The fourth-order valence-corrected chi connectivity index (χ4v) is 4.99. The SMILES string of the molecule is [B]C1OC([B])([B])CN(Cc2ccc(COc3cccc4c3CN(C3CCC(=O)NC3=O)C4=O)cc2)C1([B])[B]. The Morgan fingerprint density at radius 3 is 2.45 bits per heavy atom. The van der Waals surface area contributed by atoms with E-state index in [-0.39, 0.29) is 37.9 Å². The van der Waals surface area contributed by atoms with E-state index in [0.29, 0.717) is 24.3 Å². The summed E-state index contributed by atoms with van der Waals surface area (Å²) in [5.74, 6) is -0.456. The van der Waals surface area contributed by atoms with Gasteiger partial charge in [0, 0.05) is 42.0 Å². The largest absolute Gasteiger partial charge is 0.489 e. The standard InChI is InChI=1S/C25H22B5N3O5/c26-23-25(29,30)32(13-24(27,28)38-23)10-14-4-6-15(7-5-14)12-37-19-3-1-2-16-17(19)11-33(22(16)36)18-8-9-20(34)31-21(18)35/h1-7,18,23H,8-13H2,(H,31,34,35). The molecular weight excluding hydrogens is 476 g/mol. The average molecular weight is 499 g/mol. The van der Waals surface area contributed by atoms with Crippen molar-refractivity contribution in [2.75, 3.05) is 6.54 Å². The lowest BCUT2D eigenvalue weighted by atomic mass is 9.49.